The predicted octanol–water partition coefficient (Wildman–Crippen LogP) is 3.46. The van der Waals surface area contributed by atoms with Crippen LogP contribution in [-0.4, -0.2) is 48.3 Å². The van der Waals surface area contributed by atoms with Crippen LogP contribution in [0.3, 0.4) is 0 Å². The third kappa shape index (κ3) is 4.89. The first-order valence-electron chi connectivity index (χ1n) is 10.1. The molecule has 3 rings (SSSR count). The number of ether oxygens (including phenoxy) is 1. The number of rotatable bonds is 8. The van der Waals surface area contributed by atoms with E-state index >= 15 is 0 Å². The van der Waals surface area contributed by atoms with Gasteiger partial charge in [-0.15, -0.1) is 0 Å². The van der Waals surface area contributed by atoms with Crippen molar-refractivity contribution in [1.82, 2.24) is 20.0 Å². The molecular formula is C24H30N4O2. The predicted molar refractivity (Wildman–Crippen MR) is 119 cm³/mol. The molecule has 0 aliphatic heterocycles. The first kappa shape index (κ1) is 21.6. The van der Waals surface area contributed by atoms with Gasteiger partial charge in [0.25, 0.3) is 0 Å². The Bertz CT molecular complexity index is 978. The Balaban J connectivity index is 1.68. The normalized spacial score (nSPS) is 12.1. The summed E-state index contributed by atoms with van der Waals surface area (Å²) in [5.41, 5.74) is 4.98. The number of hydrogen-bond acceptors (Lipinski definition) is 4. The zero-order valence-corrected chi connectivity index (χ0v) is 18.3. The minimum absolute atomic E-state index is 0.00540. The van der Waals surface area contributed by atoms with Crippen LogP contribution in [-0.2, 0) is 11.2 Å². The average molecular weight is 407 g/mol. The van der Waals surface area contributed by atoms with E-state index < -0.39 is 0 Å². The van der Waals surface area contributed by atoms with Crippen molar-refractivity contribution >= 4 is 5.91 Å². The largest absolute Gasteiger partial charge is 0.497 e. The van der Waals surface area contributed by atoms with Gasteiger partial charge < -0.3 is 15.0 Å². The average Bonchev–Trinajstić information content (AvgIpc) is 3.03. The summed E-state index contributed by atoms with van der Waals surface area (Å²) in [6, 6.07) is 18.0. The van der Waals surface area contributed by atoms with E-state index in [1.165, 1.54) is 0 Å². The standard InChI is InChI=1S/C24H30N4O2/c1-17-22(18(2)28(26-17)20-9-7-6-8-10-20)15-24(29)25-16-23(27(3)4)19-11-13-21(30-5)14-12-19/h6-14,23H,15-16H2,1-5H3,(H,25,29)/t23-/m1/s1. The number of amides is 1. The van der Waals surface area contributed by atoms with Crippen molar-refractivity contribution in [2.24, 2.45) is 0 Å². The molecule has 0 bridgehead atoms. The number of carbonyl (C=O) groups is 1. The van der Waals surface area contributed by atoms with Crippen molar-refractivity contribution in [2.45, 2.75) is 26.3 Å². The van der Waals surface area contributed by atoms with Crippen molar-refractivity contribution < 1.29 is 9.53 Å². The summed E-state index contributed by atoms with van der Waals surface area (Å²) in [5, 5.41) is 7.73. The van der Waals surface area contributed by atoms with Crippen LogP contribution in [0.25, 0.3) is 5.69 Å². The lowest BCUT2D eigenvalue weighted by molar-refractivity contribution is -0.120. The fraction of sp³-hybridized carbons (Fsp3) is 0.333. The van der Waals surface area contributed by atoms with Crippen molar-refractivity contribution in [1.29, 1.82) is 0 Å². The Kier molecular flexibility index (Phi) is 6.90. The van der Waals surface area contributed by atoms with Gasteiger partial charge in [-0.05, 0) is 57.8 Å². The number of hydrogen-bond donors (Lipinski definition) is 1. The molecule has 1 aromatic heterocycles. The molecule has 1 amide bonds. The Morgan fingerprint density at radius 2 is 1.77 bits per heavy atom. The number of benzene rings is 2. The fourth-order valence-electron chi connectivity index (χ4n) is 3.61. The maximum Gasteiger partial charge on any atom is 0.224 e. The highest BCUT2D eigenvalue weighted by atomic mass is 16.5. The third-order valence-electron chi connectivity index (χ3n) is 5.40. The van der Waals surface area contributed by atoms with Crippen molar-refractivity contribution in [2.75, 3.05) is 27.7 Å². The van der Waals surface area contributed by atoms with E-state index in [1.54, 1.807) is 7.11 Å². The molecule has 0 radical (unpaired) electrons. The SMILES string of the molecule is COc1ccc([C@@H](CNC(=O)Cc2c(C)nn(-c3ccccc3)c2C)N(C)C)cc1. The van der Waals surface area contributed by atoms with Crippen LogP contribution in [0.15, 0.2) is 54.6 Å². The molecule has 158 valence electrons. The molecule has 30 heavy (non-hydrogen) atoms. The Labute approximate surface area is 178 Å². The lowest BCUT2D eigenvalue weighted by Gasteiger charge is -2.25. The first-order chi connectivity index (χ1) is 14.4. The number of nitrogens with one attached hydrogen (secondary N) is 1. The lowest BCUT2D eigenvalue weighted by Crippen LogP contribution is -2.35. The van der Waals surface area contributed by atoms with E-state index in [9.17, 15) is 4.79 Å². The van der Waals surface area contributed by atoms with Crippen LogP contribution >= 0.6 is 0 Å². The lowest BCUT2D eigenvalue weighted by atomic mass is 10.1. The molecule has 0 fully saturated rings. The number of likely N-dealkylation sites (N-methyl/N-ethyl adjacent to an activating group) is 1. The van der Waals surface area contributed by atoms with Gasteiger partial charge in [-0.1, -0.05) is 30.3 Å². The van der Waals surface area contributed by atoms with Gasteiger partial charge in [0.05, 0.1) is 31.0 Å². The zero-order valence-electron chi connectivity index (χ0n) is 18.3. The van der Waals surface area contributed by atoms with Gasteiger partial charge in [0.2, 0.25) is 5.91 Å². The van der Waals surface area contributed by atoms with Crippen molar-refractivity contribution in [3.8, 4) is 11.4 Å². The second-order valence-electron chi connectivity index (χ2n) is 7.63. The zero-order chi connectivity index (χ0) is 21.7. The molecule has 6 nitrogen and oxygen atoms in total. The van der Waals surface area contributed by atoms with Crippen LogP contribution in [0.4, 0.5) is 0 Å². The van der Waals surface area contributed by atoms with E-state index in [0.717, 1.165) is 34.0 Å². The van der Waals surface area contributed by atoms with Gasteiger partial charge in [-0.3, -0.25) is 4.79 Å². The molecule has 0 saturated heterocycles. The highest BCUT2D eigenvalue weighted by Crippen LogP contribution is 2.21. The summed E-state index contributed by atoms with van der Waals surface area (Å²) in [6.07, 6.45) is 0.313. The highest BCUT2D eigenvalue weighted by Gasteiger charge is 2.19. The van der Waals surface area contributed by atoms with Gasteiger partial charge in [-0.25, -0.2) is 4.68 Å². The topological polar surface area (TPSA) is 59.4 Å². The molecule has 1 atom stereocenters. The van der Waals surface area contributed by atoms with Gasteiger partial charge in [0.1, 0.15) is 5.75 Å². The van der Waals surface area contributed by atoms with Gasteiger partial charge >= 0.3 is 0 Å². The second kappa shape index (κ2) is 9.59. The molecule has 6 heteroatoms. The Morgan fingerprint density at radius 3 is 2.37 bits per heavy atom. The van der Waals surface area contributed by atoms with E-state index in [4.69, 9.17) is 4.74 Å². The summed E-state index contributed by atoms with van der Waals surface area (Å²) in [5.74, 6) is 0.816. The summed E-state index contributed by atoms with van der Waals surface area (Å²) in [6.45, 7) is 4.49. The van der Waals surface area contributed by atoms with Crippen LogP contribution in [0.2, 0.25) is 0 Å². The van der Waals surface area contributed by atoms with Gasteiger partial charge in [0.15, 0.2) is 0 Å². The molecule has 2 aromatic carbocycles. The van der Waals surface area contributed by atoms with Crippen LogP contribution in [0.1, 0.15) is 28.6 Å². The summed E-state index contributed by atoms with van der Waals surface area (Å²) in [7, 11) is 5.68. The van der Waals surface area contributed by atoms with Gasteiger partial charge in [0, 0.05) is 17.8 Å². The summed E-state index contributed by atoms with van der Waals surface area (Å²) in [4.78, 5) is 14.8. The molecule has 0 aliphatic rings. The molecule has 0 saturated carbocycles. The van der Waals surface area contributed by atoms with Crippen LogP contribution in [0.5, 0.6) is 5.75 Å². The minimum Gasteiger partial charge on any atom is -0.497 e. The van der Waals surface area contributed by atoms with E-state index in [1.807, 2.05) is 87.2 Å². The molecule has 1 heterocycles. The molecule has 3 aromatic rings. The molecular weight excluding hydrogens is 376 g/mol. The summed E-state index contributed by atoms with van der Waals surface area (Å²) < 4.78 is 7.14. The fourth-order valence-corrected chi connectivity index (χ4v) is 3.61. The van der Waals surface area contributed by atoms with E-state index in [-0.39, 0.29) is 11.9 Å². The van der Waals surface area contributed by atoms with E-state index in [0.29, 0.717) is 13.0 Å². The Morgan fingerprint density at radius 1 is 1.10 bits per heavy atom. The number of aromatic nitrogens is 2. The first-order valence-corrected chi connectivity index (χ1v) is 10.1. The van der Waals surface area contributed by atoms with Crippen LogP contribution < -0.4 is 10.1 Å². The number of para-hydroxylation sites is 1. The minimum atomic E-state index is -0.00540. The molecule has 1 N–H and O–H groups in total. The van der Waals surface area contributed by atoms with Gasteiger partial charge in [-0.2, -0.15) is 5.10 Å². The van der Waals surface area contributed by atoms with E-state index in [2.05, 4.69) is 15.3 Å². The maximum absolute atomic E-state index is 12.7. The molecule has 0 aliphatic carbocycles. The van der Waals surface area contributed by atoms with Crippen molar-refractivity contribution in [3.63, 3.8) is 0 Å². The number of nitrogens with zero attached hydrogens (tertiary/aromatic N) is 3. The van der Waals surface area contributed by atoms with Crippen molar-refractivity contribution in [3.05, 3.63) is 77.1 Å². The number of carbonyl (C=O) groups excluding carboxylic acids is 1. The number of aryl methyl sites for hydroxylation is 1. The Hall–Kier alpha value is -3.12. The summed E-state index contributed by atoms with van der Waals surface area (Å²) >= 11 is 0. The second-order valence-corrected chi connectivity index (χ2v) is 7.63. The number of methoxy groups -OCH3 is 1. The smallest absolute Gasteiger partial charge is 0.224 e. The maximum atomic E-state index is 12.7. The monoisotopic (exact) mass is 406 g/mol. The molecule has 0 unspecified atom stereocenters. The van der Waals surface area contributed by atoms with Crippen LogP contribution in [0, 0.1) is 13.8 Å². The third-order valence-corrected chi connectivity index (χ3v) is 5.40. The highest BCUT2D eigenvalue weighted by molar-refractivity contribution is 5.79. The quantitative estimate of drug-likeness (QED) is 0.622. The molecule has 0 spiro atoms.